The summed E-state index contributed by atoms with van der Waals surface area (Å²) in [5, 5.41) is 1.11. The van der Waals surface area contributed by atoms with Gasteiger partial charge in [0.05, 0.1) is 0 Å². The van der Waals surface area contributed by atoms with Crippen LogP contribution in [-0.4, -0.2) is 11.1 Å². The summed E-state index contributed by atoms with van der Waals surface area (Å²) in [6.45, 7) is 2.21. The molecule has 2 heteroatoms. The molecule has 1 atom stereocenters. The molecule has 0 saturated carbocycles. The van der Waals surface area contributed by atoms with Gasteiger partial charge in [-0.25, -0.2) is 0 Å². The average Bonchev–Trinajstić information content (AvgIpc) is 1.83. The Morgan fingerprint density at radius 2 is 2.25 bits per heavy atom. The first-order chi connectivity index (χ1) is 3.85. The van der Waals surface area contributed by atoms with Crippen LogP contribution in [0.5, 0.6) is 0 Å². The Bertz CT molecular complexity index is 43.8. The highest BCUT2D eigenvalue weighted by atomic mass is 79.9. The predicted octanol–water partition coefficient (Wildman–Crippen LogP) is 3.00. The van der Waals surface area contributed by atoms with Crippen LogP contribution in [0.15, 0.2) is 0 Å². The lowest BCUT2D eigenvalue weighted by Gasteiger charge is -2.06. The molecule has 0 aliphatic carbocycles. The van der Waals surface area contributed by atoms with Crippen molar-refractivity contribution in [3.8, 4) is 0 Å². The molecule has 0 saturated heterocycles. The minimum atomic E-state index is 0.812. The molecule has 0 heterocycles. The quantitative estimate of drug-likeness (QED) is 0.606. The predicted molar refractivity (Wildman–Crippen MR) is 44.7 cm³/mol. The van der Waals surface area contributed by atoms with Crippen LogP contribution in [0.2, 0.25) is 0 Å². The molecule has 0 aromatic heterocycles. The summed E-state index contributed by atoms with van der Waals surface area (Å²) >= 11 is 8.27. The maximum atomic E-state index is 4.84. The molecule has 0 aromatic carbocycles. The van der Waals surface area contributed by atoms with Gasteiger partial charge in [-0.2, -0.15) is 0 Å². The number of hydrogen-bond acceptors (Lipinski definition) is 0. The molecule has 0 rings (SSSR count). The van der Waals surface area contributed by atoms with Crippen molar-refractivity contribution >= 4 is 28.6 Å². The van der Waals surface area contributed by atoms with Crippen molar-refractivity contribution < 1.29 is 0 Å². The Hall–Kier alpha value is 0.830. The van der Waals surface area contributed by atoms with Crippen LogP contribution in [0.4, 0.5) is 0 Å². The van der Waals surface area contributed by atoms with Crippen molar-refractivity contribution in [3.63, 3.8) is 0 Å². The van der Waals surface area contributed by atoms with E-state index >= 15 is 0 Å². The fourth-order valence-corrected chi connectivity index (χ4v) is 1.67. The van der Waals surface area contributed by atoms with E-state index in [0.717, 1.165) is 17.0 Å². The first kappa shape index (κ1) is 8.83. The second-order valence-electron chi connectivity index (χ2n) is 1.92. The lowest BCUT2D eigenvalue weighted by atomic mass is 10.1. The summed E-state index contributed by atoms with van der Waals surface area (Å²) in [6, 6.07) is 0. The molecule has 8 heavy (non-hydrogen) atoms. The van der Waals surface area contributed by atoms with Gasteiger partial charge in [-0.3, -0.25) is 0 Å². The van der Waals surface area contributed by atoms with Gasteiger partial charge in [0.2, 0.25) is 0 Å². The van der Waals surface area contributed by atoms with E-state index in [1.165, 1.54) is 12.8 Å². The molecule has 49 valence electrons. The van der Waals surface area contributed by atoms with Gasteiger partial charge in [0, 0.05) is 11.1 Å². The Morgan fingerprint density at radius 3 is 2.38 bits per heavy atom. The van der Waals surface area contributed by atoms with E-state index in [9.17, 15) is 0 Å². The van der Waals surface area contributed by atoms with Crippen LogP contribution in [0.3, 0.4) is 0 Å². The monoisotopic (exact) mass is 195 g/mol. The zero-order valence-corrected chi connectivity index (χ0v) is 7.59. The number of hydrogen-bond donors (Lipinski definition) is 0. The van der Waals surface area contributed by atoms with Crippen LogP contribution >= 0.6 is 28.6 Å². The Balaban J connectivity index is 3.07. The fourth-order valence-electron chi connectivity index (χ4n) is 0.557. The lowest BCUT2D eigenvalue weighted by Crippen LogP contribution is -1.99. The standard InChI is InChI=1S/C6H12BrS/c1-2-6(5-7)3-4-8/h6H,2-5H2,1H3. The molecule has 0 fully saturated rings. The third-order valence-corrected chi connectivity index (χ3v) is 2.47. The van der Waals surface area contributed by atoms with Gasteiger partial charge in [-0.15, -0.1) is 0 Å². The first-order valence-electron chi connectivity index (χ1n) is 2.99. The second-order valence-corrected chi connectivity index (χ2v) is 2.98. The van der Waals surface area contributed by atoms with Crippen LogP contribution in [0.25, 0.3) is 0 Å². The SMILES string of the molecule is CCC(CBr)CC[S]. The van der Waals surface area contributed by atoms with Gasteiger partial charge in [0.1, 0.15) is 0 Å². The maximum Gasteiger partial charge on any atom is 0.00598 e. The molecular formula is C6H12BrS. The molecular weight excluding hydrogens is 184 g/mol. The smallest absolute Gasteiger partial charge is 0.00598 e. The Kier molecular flexibility index (Phi) is 6.58. The second kappa shape index (κ2) is 5.96. The van der Waals surface area contributed by atoms with E-state index in [-0.39, 0.29) is 0 Å². The summed E-state index contributed by atoms with van der Waals surface area (Å²) in [7, 11) is 0. The molecule has 0 spiro atoms. The van der Waals surface area contributed by atoms with Crippen LogP contribution < -0.4 is 0 Å². The summed E-state index contributed by atoms with van der Waals surface area (Å²) in [5.74, 6) is 1.72. The molecule has 1 radical (unpaired) electrons. The van der Waals surface area contributed by atoms with Crippen molar-refractivity contribution in [1.29, 1.82) is 0 Å². The lowest BCUT2D eigenvalue weighted by molar-refractivity contribution is 0.562. The van der Waals surface area contributed by atoms with Crippen LogP contribution in [0, 0.1) is 5.92 Å². The molecule has 0 amide bonds. The molecule has 0 nitrogen and oxygen atoms in total. The number of halogens is 1. The zero-order valence-electron chi connectivity index (χ0n) is 5.19. The van der Waals surface area contributed by atoms with E-state index in [0.29, 0.717) is 0 Å². The molecule has 0 aromatic rings. The third kappa shape index (κ3) is 3.79. The van der Waals surface area contributed by atoms with Crippen molar-refractivity contribution in [2.24, 2.45) is 5.92 Å². The highest BCUT2D eigenvalue weighted by Crippen LogP contribution is 2.11. The summed E-state index contributed by atoms with van der Waals surface area (Å²) in [6.07, 6.45) is 2.44. The summed E-state index contributed by atoms with van der Waals surface area (Å²) in [5.41, 5.74) is 0. The van der Waals surface area contributed by atoms with Gasteiger partial charge >= 0.3 is 0 Å². The van der Waals surface area contributed by atoms with E-state index in [1.54, 1.807) is 0 Å². The Labute approximate surface area is 65.6 Å². The van der Waals surface area contributed by atoms with Crippen molar-refractivity contribution in [1.82, 2.24) is 0 Å². The van der Waals surface area contributed by atoms with Gasteiger partial charge in [-0.1, -0.05) is 41.9 Å². The molecule has 0 N–H and O–H groups in total. The van der Waals surface area contributed by atoms with Crippen LogP contribution in [0.1, 0.15) is 19.8 Å². The zero-order chi connectivity index (χ0) is 6.41. The first-order valence-corrected chi connectivity index (χ1v) is 4.69. The van der Waals surface area contributed by atoms with Crippen molar-refractivity contribution in [2.45, 2.75) is 19.8 Å². The van der Waals surface area contributed by atoms with Gasteiger partial charge in [0.15, 0.2) is 0 Å². The van der Waals surface area contributed by atoms with E-state index < -0.39 is 0 Å². The topological polar surface area (TPSA) is 0 Å². The largest absolute Gasteiger partial charge is 0.0941 e. The summed E-state index contributed by atoms with van der Waals surface area (Å²) < 4.78 is 0. The number of rotatable bonds is 4. The Morgan fingerprint density at radius 1 is 1.62 bits per heavy atom. The highest BCUT2D eigenvalue weighted by molar-refractivity contribution is 9.09. The molecule has 0 aliphatic rings. The van der Waals surface area contributed by atoms with Crippen LogP contribution in [-0.2, 0) is 0 Å². The van der Waals surface area contributed by atoms with Crippen molar-refractivity contribution in [2.75, 3.05) is 11.1 Å². The van der Waals surface area contributed by atoms with E-state index in [1.807, 2.05) is 0 Å². The van der Waals surface area contributed by atoms with E-state index in [2.05, 4.69) is 22.9 Å². The average molecular weight is 196 g/mol. The molecule has 1 unspecified atom stereocenters. The molecule has 0 bridgehead atoms. The molecule has 0 aliphatic heterocycles. The van der Waals surface area contributed by atoms with E-state index in [4.69, 9.17) is 12.6 Å². The van der Waals surface area contributed by atoms with Gasteiger partial charge in [-0.05, 0) is 12.3 Å². The highest BCUT2D eigenvalue weighted by Gasteiger charge is 2.00. The maximum absolute atomic E-state index is 4.84. The third-order valence-electron chi connectivity index (χ3n) is 1.32. The van der Waals surface area contributed by atoms with Gasteiger partial charge in [0.25, 0.3) is 0 Å². The minimum Gasteiger partial charge on any atom is -0.0941 e. The van der Waals surface area contributed by atoms with Gasteiger partial charge < -0.3 is 0 Å². The minimum absolute atomic E-state index is 0.812. The number of alkyl halides is 1. The van der Waals surface area contributed by atoms with Crippen molar-refractivity contribution in [3.05, 3.63) is 0 Å². The normalized spacial score (nSPS) is 13.9. The summed E-state index contributed by atoms with van der Waals surface area (Å²) in [4.78, 5) is 0. The fraction of sp³-hybridized carbons (Fsp3) is 1.00.